The summed E-state index contributed by atoms with van der Waals surface area (Å²) < 4.78 is 0. The van der Waals surface area contributed by atoms with Crippen LogP contribution >= 0.6 is 0 Å². The topological polar surface area (TPSA) is 230 Å². The fraction of sp³-hybridized carbons (Fsp3) is 0. The Hall–Kier alpha value is -9.90. The lowest BCUT2D eigenvalue weighted by atomic mass is 10.1. The second-order valence-corrected chi connectivity index (χ2v) is 10.5. The lowest BCUT2D eigenvalue weighted by Crippen LogP contribution is -2.26. The van der Waals surface area contributed by atoms with E-state index >= 15 is 0 Å². The van der Waals surface area contributed by atoms with Crippen molar-refractivity contribution in [1.82, 2.24) is 15.0 Å². The number of allylic oxidation sites excluding steroid dienone is 3. The zero-order valence-electron chi connectivity index (χ0n) is 26.5. The lowest BCUT2D eigenvalue weighted by Gasteiger charge is -2.11. The highest BCUT2D eigenvalue weighted by molar-refractivity contribution is 5.80. The highest BCUT2D eigenvalue weighted by Crippen LogP contribution is 2.32. The molecule has 0 amide bonds. The average Bonchev–Trinajstić information content (AvgIpc) is 3.95. The van der Waals surface area contributed by atoms with Gasteiger partial charge in [0.15, 0.2) is 34.9 Å². The van der Waals surface area contributed by atoms with Crippen LogP contribution < -0.4 is 32.1 Å². The summed E-state index contributed by atoms with van der Waals surface area (Å²) in [4.78, 5) is 56.2. The summed E-state index contributed by atoms with van der Waals surface area (Å²) in [6.45, 7) is 38.0. The van der Waals surface area contributed by atoms with Gasteiger partial charge >= 0.3 is 17.1 Å². The largest absolute Gasteiger partial charge is 0.305 e. The zero-order chi connectivity index (χ0) is 38.1. The van der Waals surface area contributed by atoms with Crippen LogP contribution in [0, 0.1) is 78.2 Å². The third kappa shape index (κ3) is 5.01. The predicted octanol–water partition coefficient (Wildman–Crippen LogP) is 2.44. The Kier molecular flexibility index (Phi) is 7.77. The third-order valence-electron chi connectivity index (χ3n) is 7.73. The zero-order valence-corrected chi connectivity index (χ0v) is 26.5. The minimum atomic E-state index is -0.380. The molecule has 3 aromatic carbocycles. The monoisotopic (exact) mass is 690 g/mol. The number of hydrogen-bond donors (Lipinski definition) is 0. The molecule has 0 fully saturated rings. The summed E-state index contributed by atoms with van der Waals surface area (Å²) in [5.41, 5.74) is -0.974. The Morgan fingerprint density at radius 3 is 1.17 bits per heavy atom. The van der Waals surface area contributed by atoms with Gasteiger partial charge in [0.2, 0.25) is 11.4 Å². The first-order valence-corrected chi connectivity index (χ1v) is 14.6. The molecule has 54 heavy (non-hydrogen) atoms. The van der Waals surface area contributed by atoms with E-state index < -0.39 is 0 Å². The van der Waals surface area contributed by atoms with Crippen molar-refractivity contribution in [3.63, 3.8) is 0 Å². The Morgan fingerprint density at radius 2 is 0.815 bits per heavy atom. The first-order chi connectivity index (χ1) is 26.3. The van der Waals surface area contributed by atoms with Crippen molar-refractivity contribution in [2.24, 2.45) is 30.0 Å². The lowest BCUT2D eigenvalue weighted by molar-refractivity contribution is 1.07. The van der Waals surface area contributed by atoms with E-state index in [0.29, 0.717) is 0 Å². The van der Waals surface area contributed by atoms with Crippen molar-refractivity contribution in [2.75, 3.05) is 0 Å². The van der Waals surface area contributed by atoms with Crippen molar-refractivity contribution < 1.29 is 0 Å². The second-order valence-electron chi connectivity index (χ2n) is 10.5. The van der Waals surface area contributed by atoms with Crippen molar-refractivity contribution >= 4 is 11.4 Å². The second kappa shape index (κ2) is 12.9. The van der Waals surface area contributed by atoms with Gasteiger partial charge in [0.05, 0.1) is 83.4 Å². The molecule has 18 nitrogen and oxygen atoms in total. The molecule has 0 unspecified atom stereocenters. The molecule has 0 saturated carbocycles. The molecule has 3 aliphatic rings. The fourth-order valence-corrected chi connectivity index (χ4v) is 5.37. The van der Waals surface area contributed by atoms with E-state index in [9.17, 15) is 21.0 Å². The predicted molar refractivity (Wildman–Crippen MR) is 178 cm³/mol. The number of hydrogen-bond acceptors (Lipinski definition) is 13. The van der Waals surface area contributed by atoms with E-state index in [1.807, 2.05) is 0 Å². The number of rotatable bonds is 3. The molecule has 0 N–H and O–H groups in total. The van der Waals surface area contributed by atoms with Crippen LogP contribution in [-0.4, -0.2) is 15.0 Å². The van der Waals surface area contributed by atoms with Gasteiger partial charge in [-0.3, -0.25) is 0 Å². The molecule has 7 rings (SSSR count). The molecule has 0 bridgehead atoms. The quantitative estimate of drug-likeness (QED) is 0.230. The summed E-state index contributed by atoms with van der Waals surface area (Å²) in [6.07, 6.45) is 0. The molecular weight excluding hydrogens is 685 g/mol. The highest BCUT2D eigenvalue weighted by atomic mass is 15.1. The minimum absolute atomic E-state index is 0.0596. The Balaban J connectivity index is 1.56. The number of nitrogens with zero attached hydrogens (tertiary/aromatic N) is 18. The van der Waals surface area contributed by atoms with Gasteiger partial charge in [-0.05, 0) is 24.3 Å². The van der Waals surface area contributed by atoms with Gasteiger partial charge in [0, 0.05) is 16.7 Å². The summed E-state index contributed by atoms with van der Waals surface area (Å²) in [7, 11) is 0. The smallest absolute Gasteiger partial charge is 0.250 e. The summed E-state index contributed by atoms with van der Waals surface area (Å²) >= 11 is 0. The Bertz CT molecular complexity index is 3010. The van der Waals surface area contributed by atoms with E-state index in [4.69, 9.17) is 32.9 Å². The summed E-state index contributed by atoms with van der Waals surface area (Å²) in [5.74, 6) is -0.824. The molecule has 4 aromatic rings. The Labute approximate surface area is 301 Å². The van der Waals surface area contributed by atoms with Crippen LogP contribution in [0.1, 0.15) is 5.56 Å². The van der Waals surface area contributed by atoms with Gasteiger partial charge in [-0.25, -0.2) is 84.9 Å². The van der Waals surface area contributed by atoms with Crippen LogP contribution in [0.2, 0.25) is 0 Å². The third-order valence-corrected chi connectivity index (χ3v) is 7.73. The van der Waals surface area contributed by atoms with Crippen LogP contribution in [0.15, 0.2) is 101 Å². The fourth-order valence-electron chi connectivity index (χ4n) is 5.37. The molecule has 18 heteroatoms. The number of nitriles is 4. The maximum Gasteiger partial charge on any atom is 0.305 e. The summed E-state index contributed by atoms with van der Waals surface area (Å²) in [6, 6.07) is 16.3. The van der Waals surface area contributed by atoms with E-state index in [1.165, 1.54) is 36.4 Å². The highest BCUT2D eigenvalue weighted by Gasteiger charge is 2.24. The SMILES string of the molecule is [C-]#[N+]/C(C#N)=C1/N=c2ccc(-c3nc(-c4ccc5c(c4C#N)=N/C(=C(\C#N)[N+]#[C-])N=5)nc(-c4ccc5c(c4[N+]#[C-])=N/C(=C(\C#N)[N+]#[C-])N=5)n3)c([N+]#[C-])c2=N1. The molecule has 0 aliphatic carbocycles. The van der Waals surface area contributed by atoms with Gasteiger partial charge in [0.25, 0.3) is 0 Å². The average molecular weight is 691 g/mol. The van der Waals surface area contributed by atoms with Crippen LogP contribution in [0.25, 0.3) is 58.4 Å². The van der Waals surface area contributed by atoms with Crippen LogP contribution in [0.4, 0.5) is 11.4 Å². The van der Waals surface area contributed by atoms with Crippen molar-refractivity contribution in [2.45, 2.75) is 0 Å². The number of benzene rings is 3. The van der Waals surface area contributed by atoms with Crippen molar-refractivity contribution in [3.05, 3.63) is 166 Å². The van der Waals surface area contributed by atoms with Crippen molar-refractivity contribution in [1.29, 1.82) is 21.0 Å². The maximum absolute atomic E-state index is 10.4. The normalized spacial score (nSPS) is 14.9. The molecule has 3 aliphatic heterocycles. The molecule has 240 valence electrons. The number of aromatic nitrogens is 3. The van der Waals surface area contributed by atoms with Gasteiger partial charge in [-0.1, -0.05) is 12.1 Å². The van der Waals surface area contributed by atoms with Crippen LogP contribution in [0.3, 0.4) is 0 Å². The molecular formula is C36H6N18. The van der Waals surface area contributed by atoms with Gasteiger partial charge < -0.3 is 0 Å². The van der Waals surface area contributed by atoms with E-state index in [1.54, 1.807) is 18.2 Å². The molecule has 1 aromatic heterocycles. The molecule has 0 saturated heterocycles. The van der Waals surface area contributed by atoms with Gasteiger partial charge in [-0.15, -0.1) is 0 Å². The van der Waals surface area contributed by atoms with E-state index in [2.05, 4.69) is 75.2 Å². The maximum atomic E-state index is 10.4. The molecule has 0 atom stereocenters. The van der Waals surface area contributed by atoms with E-state index in [-0.39, 0.29) is 118 Å². The van der Waals surface area contributed by atoms with Crippen LogP contribution in [0.5, 0.6) is 0 Å². The standard InChI is InChI=1S/C36H6N18/c1-41-23(13-38)34-46-20-9-6-16(19(12-37)26(20)49-34)31-52-32(17-7-10-21-29(27(17)44-4)50-35(47-21)24(14-39)42-2)54-33(53-31)18-8-11-22-30(28(18)45-5)51-36(48-22)25(15-40)43-3/h6-11H/b34-23+,35-24-,36-25+. The number of fused-ring (bicyclic) bond motifs is 3. The van der Waals surface area contributed by atoms with Crippen LogP contribution in [-0.2, 0) is 0 Å². The minimum Gasteiger partial charge on any atom is -0.250 e. The molecule has 0 spiro atoms. The van der Waals surface area contributed by atoms with Gasteiger partial charge in [-0.2, -0.15) is 5.26 Å². The van der Waals surface area contributed by atoms with E-state index in [0.717, 1.165) is 0 Å². The first-order valence-electron chi connectivity index (χ1n) is 14.6. The van der Waals surface area contributed by atoms with Crippen molar-refractivity contribution in [3.8, 4) is 58.4 Å². The van der Waals surface area contributed by atoms with Gasteiger partial charge in [0.1, 0.15) is 11.4 Å². The first kappa shape index (κ1) is 32.6. The molecule has 4 heterocycles. The molecule has 0 radical (unpaired) electrons. The Morgan fingerprint density at radius 1 is 0.463 bits per heavy atom. The summed E-state index contributed by atoms with van der Waals surface area (Å²) in [5, 5.41) is 39.4.